The fourth-order valence-electron chi connectivity index (χ4n) is 4.81. The van der Waals surface area contributed by atoms with Gasteiger partial charge in [-0.25, -0.2) is 18.2 Å². The molecule has 2 aliphatic rings. The first kappa shape index (κ1) is 29.7. The predicted molar refractivity (Wildman–Crippen MR) is 146 cm³/mol. The number of hydrogen-bond acceptors (Lipinski definition) is 6. The number of nitrogens with zero attached hydrogens (tertiary/aromatic N) is 4. The Morgan fingerprint density at radius 2 is 1.90 bits per heavy atom. The fraction of sp³-hybridized carbons (Fsp3) is 0.481. The molecule has 1 aromatic carbocycles. The van der Waals surface area contributed by atoms with Gasteiger partial charge in [0.15, 0.2) is 0 Å². The van der Waals surface area contributed by atoms with Gasteiger partial charge in [0.25, 0.3) is 6.43 Å². The average Bonchev–Trinajstić information content (AvgIpc) is 2.92. The van der Waals surface area contributed by atoms with Gasteiger partial charge in [0.05, 0.1) is 6.54 Å². The summed E-state index contributed by atoms with van der Waals surface area (Å²) in [6.45, 7) is 5.18. The number of carbonyl (C=O) groups excluding carboxylic acids is 2. The van der Waals surface area contributed by atoms with Crippen molar-refractivity contribution in [3.05, 3.63) is 46.5 Å². The van der Waals surface area contributed by atoms with Gasteiger partial charge in [0, 0.05) is 87.3 Å². The molecule has 0 atom stereocenters. The second-order valence-corrected chi connectivity index (χ2v) is 9.50. The van der Waals surface area contributed by atoms with Gasteiger partial charge >= 0.3 is 0 Å². The number of hydrogen-bond donors (Lipinski definition) is 3. The Hall–Kier alpha value is -3.83. The quantitative estimate of drug-likeness (QED) is 0.340. The largest absolute Gasteiger partial charge is 0.404 e. The first-order valence-corrected chi connectivity index (χ1v) is 12.9. The van der Waals surface area contributed by atoms with Gasteiger partial charge < -0.3 is 26.6 Å². The normalized spacial score (nSPS) is 17.9. The van der Waals surface area contributed by atoms with Gasteiger partial charge in [0.2, 0.25) is 11.8 Å². The fourth-order valence-corrected chi connectivity index (χ4v) is 4.81. The van der Waals surface area contributed by atoms with Crippen LogP contribution in [0.25, 0.3) is 5.57 Å². The van der Waals surface area contributed by atoms with Gasteiger partial charge in [-0.05, 0) is 30.5 Å². The number of amides is 2. The Labute approximate surface area is 226 Å². The SMILES string of the molecule is CCC(=O)N1CCC(NC2CCN(C(C)=O)CC2)=C(C(N)=Nc2cc(C(F)F)c(C(C=NC)=CN)cc2F)C1. The molecule has 212 valence electrons. The van der Waals surface area contributed by atoms with Gasteiger partial charge in [-0.3, -0.25) is 14.6 Å². The summed E-state index contributed by atoms with van der Waals surface area (Å²) < 4.78 is 43.0. The molecule has 0 spiro atoms. The van der Waals surface area contributed by atoms with E-state index in [1.165, 1.54) is 13.3 Å². The number of nitrogens with one attached hydrogen (secondary N) is 1. The van der Waals surface area contributed by atoms with Crippen molar-refractivity contribution < 1.29 is 22.8 Å². The zero-order chi connectivity index (χ0) is 28.7. The monoisotopic (exact) mass is 547 g/mol. The van der Waals surface area contributed by atoms with Crippen LogP contribution in [0.1, 0.15) is 57.1 Å². The van der Waals surface area contributed by atoms with Crippen molar-refractivity contribution in [2.24, 2.45) is 21.5 Å². The highest BCUT2D eigenvalue weighted by atomic mass is 19.3. The summed E-state index contributed by atoms with van der Waals surface area (Å²) in [5, 5.41) is 3.49. The van der Waals surface area contributed by atoms with Crippen molar-refractivity contribution >= 4 is 35.1 Å². The van der Waals surface area contributed by atoms with Crippen LogP contribution < -0.4 is 16.8 Å². The van der Waals surface area contributed by atoms with E-state index < -0.39 is 17.8 Å². The Morgan fingerprint density at radius 1 is 1.21 bits per heavy atom. The molecule has 12 heteroatoms. The molecule has 0 aliphatic carbocycles. The maximum Gasteiger partial charge on any atom is 0.264 e. The summed E-state index contributed by atoms with van der Waals surface area (Å²) in [4.78, 5) is 35.5. The standard InChI is InChI=1S/C27H36F3N7O2/c1-4-25(39)37-10-7-23(34-18-5-8-36(9-6-18)16(2)38)21(15-37)27(32)35-24-12-20(26(29)30)19(11-22(24)28)17(13-31)14-33-3/h11-14,18,26,34H,4-10,15,31H2,1-3H3,(H2,32,35). The van der Waals surface area contributed by atoms with Crippen molar-refractivity contribution in [3.63, 3.8) is 0 Å². The lowest BCUT2D eigenvalue weighted by molar-refractivity contribution is -0.131. The van der Waals surface area contributed by atoms with Crippen molar-refractivity contribution in [2.75, 3.05) is 33.2 Å². The molecule has 2 aliphatic heterocycles. The minimum absolute atomic E-state index is 0.0309. The van der Waals surface area contributed by atoms with Crippen molar-refractivity contribution in [1.82, 2.24) is 15.1 Å². The number of likely N-dealkylation sites (tertiary alicyclic amines) is 1. The maximum absolute atomic E-state index is 15.1. The molecule has 3 rings (SSSR count). The van der Waals surface area contributed by atoms with E-state index in [0.717, 1.165) is 36.9 Å². The number of halogens is 3. The second kappa shape index (κ2) is 13.3. The summed E-state index contributed by atoms with van der Waals surface area (Å²) in [7, 11) is 1.45. The van der Waals surface area contributed by atoms with E-state index in [2.05, 4.69) is 15.3 Å². The third-order valence-corrected chi connectivity index (χ3v) is 6.98. The number of allylic oxidation sites excluding steroid dienone is 1. The Morgan fingerprint density at radius 3 is 2.46 bits per heavy atom. The first-order valence-electron chi connectivity index (χ1n) is 12.9. The van der Waals surface area contributed by atoms with E-state index in [0.29, 0.717) is 38.0 Å². The van der Waals surface area contributed by atoms with Gasteiger partial charge in [-0.1, -0.05) is 6.92 Å². The minimum atomic E-state index is -2.93. The molecular formula is C27H36F3N7O2. The van der Waals surface area contributed by atoms with E-state index in [1.807, 2.05) is 0 Å². The van der Waals surface area contributed by atoms with Crippen LogP contribution in [0.15, 0.2) is 39.6 Å². The average molecular weight is 548 g/mol. The van der Waals surface area contributed by atoms with Crippen LogP contribution in [0.5, 0.6) is 0 Å². The molecule has 0 aromatic heterocycles. The number of piperidine rings is 1. The zero-order valence-electron chi connectivity index (χ0n) is 22.5. The van der Waals surface area contributed by atoms with Crippen LogP contribution in [-0.4, -0.2) is 72.9 Å². The van der Waals surface area contributed by atoms with E-state index >= 15 is 4.39 Å². The van der Waals surface area contributed by atoms with Crippen molar-refractivity contribution in [1.29, 1.82) is 0 Å². The van der Waals surface area contributed by atoms with Gasteiger partial charge in [0.1, 0.15) is 17.3 Å². The second-order valence-electron chi connectivity index (χ2n) is 9.50. The molecule has 0 saturated carbocycles. The highest BCUT2D eigenvalue weighted by molar-refractivity contribution is 6.10. The molecule has 0 unspecified atom stereocenters. The summed E-state index contributed by atoms with van der Waals surface area (Å²) in [5.41, 5.74) is 12.4. The van der Waals surface area contributed by atoms with Gasteiger partial charge in [-0.15, -0.1) is 0 Å². The summed E-state index contributed by atoms with van der Waals surface area (Å²) in [5.74, 6) is -0.958. The first-order chi connectivity index (χ1) is 18.6. The topological polar surface area (TPSA) is 129 Å². The van der Waals surface area contributed by atoms with Crippen LogP contribution in [-0.2, 0) is 9.59 Å². The number of nitrogens with two attached hydrogens (primary N) is 2. The molecule has 1 fully saturated rings. The molecule has 9 nitrogen and oxygen atoms in total. The number of carbonyl (C=O) groups is 2. The van der Waals surface area contributed by atoms with E-state index in [1.54, 1.807) is 23.6 Å². The molecule has 1 saturated heterocycles. The third-order valence-electron chi connectivity index (χ3n) is 6.98. The Kier molecular flexibility index (Phi) is 10.1. The molecule has 2 amide bonds. The smallest absolute Gasteiger partial charge is 0.264 e. The highest BCUT2D eigenvalue weighted by Gasteiger charge is 2.28. The summed E-state index contributed by atoms with van der Waals surface area (Å²) >= 11 is 0. The third kappa shape index (κ3) is 7.18. The number of aliphatic imine (C=N–C) groups is 2. The van der Waals surface area contributed by atoms with Crippen molar-refractivity contribution in [3.8, 4) is 0 Å². The summed E-state index contributed by atoms with van der Waals surface area (Å²) in [6.07, 6.45) is 1.67. The minimum Gasteiger partial charge on any atom is -0.404 e. The lowest BCUT2D eigenvalue weighted by Gasteiger charge is -2.36. The molecule has 0 radical (unpaired) electrons. The zero-order valence-corrected chi connectivity index (χ0v) is 22.5. The summed E-state index contributed by atoms with van der Waals surface area (Å²) in [6, 6.07) is 1.98. The lowest BCUT2D eigenvalue weighted by Crippen LogP contribution is -2.47. The molecule has 39 heavy (non-hydrogen) atoms. The molecular weight excluding hydrogens is 511 g/mol. The van der Waals surface area contributed by atoms with Crippen molar-refractivity contribution in [2.45, 2.75) is 52.0 Å². The lowest BCUT2D eigenvalue weighted by atomic mass is 9.99. The van der Waals surface area contributed by atoms with E-state index in [9.17, 15) is 18.4 Å². The number of alkyl halides is 2. The molecule has 0 bridgehead atoms. The number of amidine groups is 1. The molecule has 1 aromatic rings. The van der Waals surface area contributed by atoms with Crippen LogP contribution in [0.2, 0.25) is 0 Å². The van der Waals surface area contributed by atoms with Crippen LogP contribution in [0.3, 0.4) is 0 Å². The highest BCUT2D eigenvalue weighted by Crippen LogP contribution is 2.33. The Balaban J connectivity index is 1.99. The van der Waals surface area contributed by atoms with Gasteiger partial charge in [-0.2, -0.15) is 0 Å². The van der Waals surface area contributed by atoms with E-state index in [4.69, 9.17) is 11.5 Å². The molecule has 2 heterocycles. The van der Waals surface area contributed by atoms with Crippen LogP contribution in [0.4, 0.5) is 18.9 Å². The number of benzene rings is 1. The maximum atomic E-state index is 15.1. The van der Waals surface area contributed by atoms with E-state index in [-0.39, 0.29) is 47.1 Å². The van der Waals surface area contributed by atoms with Crippen LogP contribution >= 0.6 is 0 Å². The molecule has 5 N–H and O–H groups in total. The predicted octanol–water partition coefficient (Wildman–Crippen LogP) is 3.25. The van der Waals surface area contributed by atoms with Crippen LogP contribution in [0, 0.1) is 5.82 Å². The Bertz CT molecular complexity index is 1200. The number of rotatable bonds is 8.